The van der Waals surface area contributed by atoms with E-state index in [-0.39, 0.29) is 27.0 Å². The molecule has 0 saturated heterocycles. The van der Waals surface area contributed by atoms with Gasteiger partial charge in [-0.1, -0.05) is 18.2 Å². The van der Waals surface area contributed by atoms with E-state index >= 15 is 0 Å². The first-order valence-corrected chi connectivity index (χ1v) is 15.8. The molecule has 2 aliphatic heterocycles. The molecule has 0 amide bonds. The number of nitrogens with zero attached hydrogens (tertiary/aromatic N) is 2. The van der Waals surface area contributed by atoms with E-state index in [0.717, 1.165) is 28.0 Å². The maximum absolute atomic E-state index is 5.97. The zero-order valence-electron chi connectivity index (χ0n) is 19.7. The van der Waals surface area contributed by atoms with E-state index < -0.39 is 0 Å². The molecule has 10 heteroatoms. The number of benzene rings is 2. The first kappa shape index (κ1) is 29.1. The normalized spacial score (nSPS) is 17.1. The number of rotatable bonds is 5. The quantitative estimate of drug-likeness (QED) is 0.366. The van der Waals surface area contributed by atoms with Crippen LogP contribution in [-0.4, -0.2) is 42.7 Å². The van der Waals surface area contributed by atoms with Crippen molar-refractivity contribution in [3.05, 3.63) is 53.6 Å². The molecule has 2 aromatic carbocycles. The van der Waals surface area contributed by atoms with Gasteiger partial charge in [0.15, 0.2) is 0 Å². The number of aliphatic imine (C=N–C) groups is 2. The molecule has 0 aromatic heterocycles. The predicted octanol–water partition coefficient (Wildman–Crippen LogP) is 6.23. The average molecular weight is 634 g/mol. The minimum absolute atomic E-state index is 0.106. The van der Waals surface area contributed by atoms with Crippen molar-refractivity contribution in [3.63, 3.8) is 0 Å². The SMILES string of the molecule is CCOc1ccc(-c2ccc(C3=NC(C)(C)CO3)c(C3=NC(C)(C)CO3)c2)cc1.S=S.[Cl][Pd][Cl]. The zero-order valence-corrected chi connectivity index (χ0v) is 24.4. The fraction of sp³-hybridized carbons (Fsp3) is 0.417. The minimum atomic E-state index is -0.237. The third-order valence-corrected chi connectivity index (χ3v) is 4.91. The standard InChI is InChI=1S/C24H28N2O3.2ClH.Pd.S2/c1-6-27-18-10-7-16(8-11-18)17-9-12-19(21-25-23(2,3)14-28-21)20(13-17)22-26-24(4,5)15-29-22;;;;1-2/h7-13H,6,14-15H2,1-5H3;2*1H;;/q;;;+2;/p-2. The second kappa shape index (κ2) is 13.2. The number of halogens is 2. The van der Waals surface area contributed by atoms with Crippen LogP contribution in [0.25, 0.3) is 11.1 Å². The van der Waals surface area contributed by atoms with Crippen LogP contribution in [-0.2, 0) is 47.8 Å². The van der Waals surface area contributed by atoms with Gasteiger partial charge in [0, 0.05) is 33.5 Å². The first-order valence-electron chi connectivity index (χ1n) is 10.5. The van der Waals surface area contributed by atoms with Gasteiger partial charge >= 0.3 is 35.0 Å². The van der Waals surface area contributed by atoms with Crippen molar-refractivity contribution in [2.45, 2.75) is 45.7 Å². The third kappa shape index (κ3) is 7.94. The molecule has 0 atom stereocenters. The van der Waals surface area contributed by atoms with E-state index in [2.05, 4.69) is 80.4 Å². The van der Waals surface area contributed by atoms with Gasteiger partial charge in [0.1, 0.15) is 19.0 Å². The summed E-state index contributed by atoms with van der Waals surface area (Å²) in [5.41, 5.74) is 3.56. The van der Waals surface area contributed by atoms with E-state index in [9.17, 15) is 0 Å². The molecule has 0 spiro atoms. The Bertz CT molecular complexity index is 1030. The first-order chi connectivity index (χ1) is 16.2. The summed E-state index contributed by atoms with van der Waals surface area (Å²) in [6.45, 7) is 12.1. The molecule has 4 rings (SSSR count). The maximum atomic E-state index is 5.97. The zero-order chi connectivity index (χ0) is 25.4. The van der Waals surface area contributed by atoms with Crippen LogP contribution in [0.5, 0.6) is 5.75 Å². The van der Waals surface area contributed by atoms with Crippen molar-refractivity contribution < 1.29 is 30.2 Å². The van der Waals surface area contributed by atoms with E-state index in [4.69, 9.17) is 43.3 Å². The van der Waals surface area contributed by atoms with Crippen LogP contribution in [0.2, 0.25) is 0 Å². The summed E-state index contributed by atoms with van der Waals surface area (Å²) in [4.78, 5) is 9.56. The summed E-state index contributed by atoms with van der Waals surface area (Å²) in [6.07, 6.45) is 0. The molecule has 0 bridgehead atoms. The van der Waals surface area contributed by atoms with Crippen LogP contribution in [0.4, 0.5) is 0 Å². The molecule has 34 heavy (non-hydrogen) atoms. The molecule has 0 radical (unpaired) electrons. The fourth-order valence-electron chi connectivity index (χ4n) is 3.44. The van der Waals surface area contributed by atoms with Gasteiger partial charge in [-0.25, -0.2) is 9.98 Å². The van der Waals surface area contributed by atoms with E-state index in [1.807, 2.05) is 19.1 Å². The van der Waals surface area contributed by atoms with Gasteiger partial charge in [-0.15, -0.1) is 0 Å². The summed E-state index contributed by atoms with van der Waals surface area (Å²) in [7, 11) is 9.63. The van der Waals surface area contributed by atoms with Gasteiger partial charge in [0.05, 0.1) is 17.7 Å². The predicted molar refractivity (Wildman–Crippen MR) is 143 cm³/mol. The molecule has 0 saturated carbocycles. The van der Waals surface area contributed by atoms with Crippen LogP contribution in [0.1, 0.15) is 45.7 Å². The van der Waals surface area contributed by atoms with Crippen molar-refractivity contribution in [2.24, 2.45) is 9.98 Å². The van der Waals surface area contributed by atoms with Gasteiger partial charge in [-0.2, -0.15) is 0 Å². The van der Waals surface area contributed by atoms with Crippen molar-refractivity contribution in [3.8, 4) is 16.9 Å². The molecule has 188 valence electrons. The Morgan fingerprint density at radius 1 is 0.853 bits per heavy atom. The third-order valence-electron chi connectivity index (χ3n) is 4.91. The molecule has 0 unspecified atom stereocenters. The second-order valence-electron chi connectivity index (χ2n) is 8.80. The molecule has 0 N–H and O–H groups in total. The Labute approximate surface area is 228 Å². The molecule has 2 aromatic rings. The van der Waals surface area contributed by atoms with Gasteiger partial charge in [-0.05, 0) is 70.0 Å². The van der Waals surface area contributed by atoms with Crippen molar-refractivity contribution in [2.75, 3.05) is 19.8 Å². The van der Waals surface area contributed by atoms with Gasteiger partial charge in [0.2, 0.25) is 11.8 Å². The van der Waals surface area contributed by atoms with Crippen LogP contribution in [0, 0.1) is 0 Å². The Morgan fingerprint density at radius 2 is 1.32 bits per heavy atom. The topological polar surface area (TPSA) is 52.4 Å². The number of ether oxygens (including phenoxy) is 3. The summed E-state index contributed by atoms with van der Waals surface area (Å²) in [5.74, 6) is 2.17. The molecule has 2 aliphatic rings. The molecule has 5 nitrogen and oxygen atoms in total. The van der Waals surface area contributed by atoms with Crippen LogP contribution in [0.15, 0.2) is 52.4 Å². The second-order valence-corrected chi connectivity index (χ2v) is 11.2. The summed E-state index contributed by atoms with van der Waals surface area (Å²) < 4.78 is 17.4. The Morgan fingerprint density at radius 3 is 1.76 bits per heavy atom. The van der Waals surface area contributed by atoms with Gasteiger partial charge < -0.3 is 14.2 Å². The number of hydrogen-bond acceptors (Lipinski definition) is 7. The van der Waals surface area contributed by atoms with Crippen LogP contribution < -0.4 is 4.74 Å². The van der Waals surface area contributed by atoms with Crippen LogP contribution >= 0.6 is 19.1 Å². The van der Waals surface area contributed by atoms with Gasteiger partial charge in [0.25, 0.3) is 0 Å². The summed E-state index contributed by atoms with van der Waals surface area (Å²) in [5, 5.41) is 0. The molecule has 2 heterocycles. The molecular formula is C24H28Cl2N2O3PdS2. The Kier molecular flexibility index (Phi) is 11.3. The van der Waals surface area contributed by atoms with E-state index in [1.165, 1.54) is 0 Å². The average Bonchev–Trinajstić information content (AvgIpc) is 3.37. The number of hydrogen-bond donors (Lipinski definition) is 0. The summed E-state index contributed by atoms with van der Waals surface area (Å²) in [6, 6.07) is 14.4. The van der Waals surface area contributed by atoms with E-state index in [0.29, 0.717) is 31.6 Å². The van der Waals surface area contributed by atoms with E-state index in [1.54, 1.807) is 0 Å². The van der Waals surface area contributed by atoms with Crippen LogP contribution in [0.3, 0.4) is 0 Å². The van der Waals surface area contributed by atoms with Crippen molar-refractivity contribution in [1.29, 1.82) is 0 Å². The van der Waals surface area contributed by atoms with Crippen molar-refractivity contribution >= 4 is 53.2 Å². The van der Waals surface area contributed by atoms with Crippen molar-refractivity contribution in [1.82, 2.24) is 0 Å². The molecule has 0 aliphatic carbocycles. The molecule has 0 fully saturated rings. The monoisotopic (exact) mass is 632 g/mol. The fourth-order valence-corrected chi connectivity index (χ4v) is 3.44. The Balaban J connectivity index is 0.000000758. The Hall–Kier alpha value is -1.14. The summed E-state index contributed by atoms with van der Waals surface area (Å²) >= 11 is 7.23. The van der Waals surface area contributed by atoms with Gasteiger partial charge in [-0.3, -0.25) is 0 Å². The molecular weight excluding hydrogens is 606 g/mol.